The number of hydrogen-bond donors (Lipinski definition) is 2. The van der Waals surface area contributed by atoms with Crippen molar-refractivity contribution in [1.82, 2.24) is 10.2 Å². The Morgan fingerprint density at radius 3 is 2.47 bits per heavy atom. The molecule has 1 aromatic carbocycles. The van der Waals surface area contributed by atoms with E-state index in [4.69, 9.17) is 17.3 Å². The molecular weight excluding hydrogens is 426 g/mol. The Morgan fingerprint density at radius 1 is 1.17 bits per heavy atom. The number of benzene rings is 1. The number of hydrogen-bond acceptors (Lipinski definition) is 5. The van der Waals surface area contributed by atoms with Crippen molar-refractivity contribution >= 4 is 33.3 Å². The number of sulfone groups is 1. The standard InChI is InChI=1S/C21H30ClN3O4S/c22-17-6-8-18(9-7-17)30(28,29)21(10-1-2-11-21)20(27)24-12-4-14-25-13-3-5-16(15-25)19(23)26/h6-9,16H,1-5,10-15H2,(H2,23,26)(H,24,27). The number of nitrogens with two attached hydrogens (primary N) is 1. The molecule has 9 heteroatoms. The lowest BCUT2D eigenvalue weighted by Crippen LogP contribution is -2.51. The van der Waals surface area contributed by atoms with Gasteiger partial charge in [-0.15, -0.1) is 0 Å². The molecule has 166 valence electrons. The summed E-state index contributed by atoms with van der Waals surface area (Å²) in [6.07, 6.45) is 4.53. The molecule has 1 atom stereocenters. The summed E-state index contributed by atoms with van der Waals surface area (Å²) in [6.45, 7) is 2.69. The van der Waals surface area contributed by atoms with Crippen LogP contribution in [0.15, 0.2) is 29.2 Å². The second-order valence-corrected chi connectivity index (χ2v) is 11.0. The summed E-state index contributed by atoms with van der Waals surface area (Å²) in [4.78, 5) is 26.8. The van der Waals surface area contributed by atoms with Crippen molar-refractivity contribution in [3.8, 4) is 0 Å². The Labute approximate surface area is 183 Å². The van der Waals surface area contributed by atoms with Gasteiger partial charge in [-0.2, -0.15) is 0 Å². The highest BCUT2D eigenvalue weighted by Gasteiger charge is 2.52. The predicted molar refractivity (Wildman–Crippen MR) is 116 cm³/mol. The molecule has 3 rings (SSSR count). The maximum atomic E-state index is 13.3. The lowest BCUT2D eigenvalue weighted by Gasteiger charge is -2.31. The van der Waals surface area contributed by atoms with Gasteiger partial charge in [-0.3, -0.25) is 9.59 Å². The Balaban J connectivity index is 1.59. The van der Waals surface area contributed by atoms with Crippen molar-refractivity contribution < 1.29 is 18.0 Å². The lowest BCUT2D eigenvalue weighted by molar-refractivity contribution is -0.124. The summed E-state index contributed by atoms with van der Waals surface area (Å²) in [5, 5.41) is 3.32. The van der Waals surface area contributed by atoms with Crippen molar-refractivity contribution in [1.29, 1.82) is 0 Å². The van der Waals surface area contributed by atoms with E-state index in [0.717, 1.165) is 25.9 Å². The number of nitrogens with zero attached hydrogens (tertiary/aromatic N) is 1. The molecule has 1 saturated carbocycles. The van der Waals surface area contributed by atoms with E-state index < -0.39 is 20.5 Å². The van der Waals surface area contributed by atoms with Crippen molar-refractivity contribution in [2.24, 2.45) is 11.7 Å². The molecule has 1 unspecified atom stereocenters. The lowest BCUT2D eigenvalue weighted by atomic mass is 9.97. The van der Waals surface area contributed by atoms with E-state index in [2.05, 4.69) is 10.2 Å². The van der Waals surface area contributed by atoms with E-state index in [-0.39, 0.29) is 16.7 Å². The molecule has 1 aliphatic carbocycles. The van der Waals surface area contributed by atoms with E-state index in [1.807, 2.05) is 0 Å². The smallest absolute Gasteiger partial charge is 0.241 e. The second kappa shape index (κ2) is 9.66. The molecule has 1 saturated heterocycles. The Hall–Kier alpha value is -1.64. The van der Waals surface area contributed by atoms with Crippen LogP contribution >= 0.6 is 11.6 Å². The Bertz CT molecular complexity index is 867. The van der Waals surface area contributed by atoms with E-state index in [9.17, 15) is 18.0 Å². The first-order valence-corrected chi connectivity index (χ1v) is 12.4. The highest BCUT2D eigenvalue weighted by atomic mass is 35.5. The van der Waals surface area contributed by atoms with E-state index in [1.165, 1.54) is 24.3 Å². The van der Waals surface area contributed by atoms with E-state index in [1.54, 1.807) is 0 Å². The van der Waals surface area contributed by atoms with Crippen molar-refractivity contribution in [3.05, 3.63) is 29.3 Å². The fourth-order valence-corrected chi connectivity index (χ4v) is 6.77. The number of likely N-dealkylation sites (tertiary alicyclic amines) is 1. The quantitative estimate of drug-likeness (QED) is 0.583. The van der Waals surface area contributed by atoms with Crippen molar-refractivity contribution in [2.45, 2.75) is 54.6 Å². The SMILES string of the molecule is NC(=O)C1CCCN(CCCNC(=O)C2(S(=O)(=O)c3ccc(Cl)cc3)CCCC2)C1. The molecule has 0 aromatic heterocycles. The fraction of sp³-hybridized carbons (Fsp3) is 0.619. The van der Waals surface area contributed by atoms with Crippen LogP contribution in [0.2, 0.25) is 5.02 Å². The molecule has 2 amide bonds. The van der Waals surface area contributed by atoms with Crippen LogP contribution in [0.25, 0.3) is 0 Å². The first-order valence-electron chi connectivity index (χ1n) is 10.6. The van der Waals surface area contributed by atoms with Crippen LogP contribution in [0, 0.1) is 5.92 Å². The van der Waals surface area contributed by atoms with Gasteiger partial charge in [-0.05, 0) is 69.5 Å². The average molecular weight is 456 g/mol. The van der Waals surface area contributed by atoms with Crippen LogP contribution in [-0.2, 0) is 19.4 Å². The zero-order valence-corrected chi connectivity index (χ0v) is 18.7. The summed E-state index contributed by atoms with van der Waals surface area (Å²) in [6, 6.07) is 6.01. The number of amides is 2. The monoisotopic (exact) mass is 455 g/mol. The third kappa shape index (κ3) is 4.81. The molecule has 3 N–H and O–H groups in total. The Kier molecular flexibility index (Phi) is 7.42. The Morgan fingerprint density at radius 2 is 1.83 bits per heavy atom. The van der Waals surface area contributed by atoms with Gasteiger partial charge in [-0.1, -0.05) is 24.4 Å². The summed E-state index contributed by atoms with van der Waals surface area (Å²) in [5.74, 6) is -0.785. The predicted octanol–water partition coefficient (Wildman–Crippen LogP) is 2.13. The molecule has 7 nitrogen and oxygen atoms in total. The summed E-state index contributed by atoms with van der Waals surface area (Å²) in [7, 11) is -3.82. The zero-order chi connectivity index (χ0) is 21.8. The topological polar surface area (TPSA) is 110 Å². The number of carbonyl (C=O) groups excluding carboxylic acids is 2. The maximum Gasteiger partial charge on any atom is 0.241 e. The van der Waals surface area contributed by atoms with Gasteiger partial charge >= 0.3 is 0 Å². The van der Waals surface area contributed by atoms with Crippen LogP contribution in [0.4, 0.5) is 0 Å². The minimum absolute atomic E-state index is 0.111. The third-order valence-corrected chi connectivity index (χ3v) is 9.08. The minimum atomic E-state index is -3.82. The molecule has 0 bridgehead atoms. The van der Waals surface area contributed by atoms with E-state index in [0.29, 0.717) is 50.2 Å². The molecule has 2 fully saturated rings. The first-order chi connectivity index (χ1) is 14.3. The number of carbonyl (C=O) groups is 2. The highest BCUT2D eigenvalue weighted by Crippen LogP contribution is 2.41. The fourth-order valence-electron chi connectivity index (χ4n) is 4.56. The average Bonchev–Trinajstić information content (AvgIpc) is 3.23. The second-order valence-electron chi connectivity index (χ2n) is 8.31. The number of nitrogens with one attached hydrogen (secondary N) is 1. The van der Waals surface area contributed by atoms with Gasteiger partial charge in [0.05, 0.1) is 10.8 Å². The number of piperidine rings is 1. The third-order valence-electron chi connectivity index (χ3n) is 6.31. The summed E-state index contributed by atoms with van der Waals surface area (Å²) >= 11 is 5.89. The number of primary amides is 1. The molecule has 30 heavy (non-hydrogen) atoms. The first kappa shape index (κ1) is 23.0. The van der Waals surface area contributed by atoms with Gasteiger partial charge in [0.2, 0.25) is 11.8 Å². The highest BCUT2D eigenvalue weighted by molar-refractivity contribution is 7.93. The van der Waals surface area contributed by atoms with Gasteiger partial charge in [0, 0.05) is 18.1 Å². The molecule has 1 heterocycles. The minimum Gasteiger partial charge on any atom is -0.369 e. The van der Waals surface area contributed by atoms with Crippen LogP contribution in [0.5, 0.6) is 0 Å². The molecule has 0 spiro atoms. The van der Waals surface area contributed by atoms with Gasteiger partial charge in [0.1, 0.15) is 0 Å². The van der Waals surface area contributed by atoms with Gasteiger partial charge in [0.25, 0.3) is 0 Å². The molecule has 2 aliphatic rings. The number of halogens is 1. The molecular formula is C21H30ClN3O4S. The van der Waals surface area contributed by atoms with Crippen molar-refractivity contribution in [3.63, 3.8) is 0 Å². The van der Waals surface area contributed by atoms with Crippen LogP contribution in [0.1, 0.15) is 44.9 Å². The van der Waals surface area contributed by atoms with Crippen LogP contribution in [0.3, 0.4) is 0 Å². The largest absolute Gasteiger partial charge is 0.369 e. The van der Waals surface area contributed by atoms with Crippen LogP contribution in [-0.4, -0.2) is 56.1 Å². The maximum absolute atomic E-state index is 13.3. The number of rotatable bonds is 8. The normalized spacial score (nSPS) is 22.0. The summed E-state index contributed by atoms with van der Waals surface area (Å²) < 4.78 is 25.3. The van der Waals surface area contributed by atoms with Gasteiger partial charge in [-0.25, -0.2) is 8.42 Å². The van der Waals surface area contributed by atoms with Crippen molar-refractivity contribution in [2.75, 3.05) is 26.2 Å². The summed E-state index contributed by atoms with van der Waals surface area (Å²) in [5.41, 5.74) is 5.42. The van der Waals surface area contributed by atoms with Gasteiger partial charge < -0.3 is 16.0 Å². The van der Waals surface area contributed by atoms with Gasteiger partial charge in [0.15, 0.2) is 14.6 Å². The molecule has 0 radical (unpaired) electrons. The van der Waals surface area contributed by atoms with Crippen LogP contribution < -0.4 is 11.1 Å². The van der Waals surface area contributed by atoms with E-state index >= 15 is 0 Å². The molecule has 1 aliphatic heterocycles. The zero-order valence-electron chi connectivity index (χ0n) is 17.1. The molecule has 1 aromatic rings.